The van der Waals surface area contributed by atoms with Crippen molar-refractivity contribution in [2.24, 2.45) is 5.73 Å². The Morgan fingerprint density at radius 2 is 2.07 bits per heavy atom. The number of aliphatic hydroxyl groups excluding tert-OH is 1. The third-order valence-electron chi connectivity index (χ3n) is 2.54. The zero-order chi connectivity index (χ0) is 11.4. The Labute approximate surface area is 90.5 Å². The Bertz CT molecular complexity index is 325. The monoisotopic (exact) mass is 209 g/mol. The molecule has 0 aromatic heterocycles. The van der Waals surface area contributed by atoms with E-state index in [1.165, 1.54) is 0 Å². The van der Waals surface area contributed by atoms with Crippen molar-refractivity contribution in [2.75, 3.05) is 0 Å². The molecule has 3 heteroatoms. The van der Waals surface area contributed by atoms with Gasteiger partial charge >= 0.3 is 0 Å². The summed E-state index contributed by atoms with van der Waals surface area (Å²) in [6.45, 7) is 3.89. The highest BCUT2D eigenvalue weighted by Crippen LogP contribution is 2.27. The Balaban J connectivity index is 2.86. The molecule has 0 saturated carbocycles. The largest absolute Gasteiger partial charge is 0.508 e. The van der Waals surface area contributed by atoms with E-state index in [4.69, 9.17) is 5.73 Å². The van der Waals surface area contributed by atoms with Crippen LogP contribution in [0.2, 0.25) is 0 Å². The minimum absolute atomic E-state index is 0.164. The molecular formula is C12H19NO2. The fourth-order valence-electron chi connectivity index (χ4n) is 1.62. The van der Waals surface area contributed by atoms with Gasteiger partial charge in [-0.1, -0.05) is 25.5 Å². The van der Waals surface area contributed by atoms with Crippen LogP contribution in [0.15, 0.2) is 18.2 Å². The first kappa shape index (κ1) is 12.0. The summed E-state index contributed by atoms with van der Waals surface area (Å²) in [6, 6.07) is 4.81. The van der Waals surface area contributed by atoms with Crippen molar-refractivity contribution in [3.63, 3.8) is 0 Å². The Kier molecular flexibility index (Phi) is 4.12. The molecule has 15 heavy (non-hydrogen) atoms. The molecule has 0 bridgehead atoms. The normalized spacial score (nSPS) is 14.9. The third kappa shape index (κ3) is 2.94. The van der Waals surface area contributed by atoms with Crippen molar-refractivity contribution in [1.29, 1.82) is 0 Å². The summed E-state index contributed by atoms with van der Waals surface area (Å²) < 4.78 is 0. The summed E-state index contributed by atoms with van der Waals surface area (Å²) in [6.07, 6.45) is 0.930. The third-order valence-corrected chi connectivity index (χ3v) is 2.54. The molecular weight excluding hydrogens is 190 g/mol. The molecule has 0 aliphatic carbocycles. The number of phenols is 1. The first-order valence-electron chi connectivity index (χ1n) is 5.29. The van der Waals surface area contributed by atoms with Gasteiger partial charge in [-0.15, -0.1) is 0 Å². The molecule has 3 nitrogen and oxygen atoms in total. The quantitative estimate of drug-likeness (QED) is 0.709. The van der Waals surface area contributed by atoms with Gasteiger partial charge in [0.1, 0.15) is 5.75 Å². The summed E-state index contributed by atoms with van der Waals surface area (Å²) in [5, 5.41) is 19.4. The summed E-state index contributed by atoms with van der Waals surface area (Å²) in [5.74, 6) is 0.164. The highest BCUT2D eigenvalue weighted by Gasteiger charge is 2.18. The number of nitrogens with two attached hydrogens (primary N) is 1. The minimum Gasteiger partial charge on any atom is -0.508 e. The lowest BCUT2D eigenvalue weighted by molar-refractivity contribution is 0.133. The van der Waals surface area contributed by atoms with E-state index in [1.807, 2.05) is 19.9 Å². The maximum Gasteiger partial charge on any atom is 0.120 e. The number of aryl methyl sites for hydroxylation is 1. The number of benzene rings is 1. The standard InChI is InChI=1S/C12H19NO2/c1-3-4-10(14)12(13)9-6-5-8(2)7-11(9)15/h5-7,10,12,14-15H,3-4,13H2,1-2H3/t10-,12+/m1/s1. The maximum absolute atomic E-state index is 9.73. The average Bonchev–Trinajstić information content (AvgIpc) is 2.17. The molecule has 0 amide bonds. The molecule has 4 N–H and O–H groups in total. The summed E-state index contributed by atoms with van der Waals surface area (Å²) in [7, 11) is 0. The number of hydrogen-bond donors (Lipinski definition) is 3. The van der Waals surface area contributed by atoms with E-state index in [9.17, 15) is 10.2 Å². The van der Waals surface area contributed by atoms with Crippen LogP contribution in [0, 0.1) is 6.92 Å². The highest BCUT2D eigenvalue weighted by atomic mass is 16.3. The summed E-state index contributed by atoms with van der Waals surface area (Å²) >= 11 is 0. The van der Waals surface area contributed by atoms with Crippen molar-refractivity contribution < 1.29 is 10.2 Å². The first-order chi connectivity index (χ1) is 7.06. The van der Waals surface area contributed by atoms with E-state index in [1.54, 1.807) is 12.1 Å². The van der Waals surface area contributed by atoms with E-state index < -0.39 is 12.1 Å². The van der Waals surface area contributed by atoms with Crippen LogP contribution in [0.1, 0.15) is 36.9 Å². The first-order valence-corrected chi connectivity index (χ1v) is 5.29. The van der Waals surface area contributed by atoms with Gasteiger partial charge in [-0.25, -0.2) is 0 Å². The van der Waals surface area contributed by atoms with E-state index in [2.05, 4.69) is 0 Å². The lowest BCUT2D eigenvalue weighted by atomic mass is 9.97. The highest BCUT2D eigenvalue weighted by molar-refractivity contribution is 5.38. The van der Waals surface area contributed by atoms with Gasteiger partial charge < -0.3 is 15.9 Å². The fraction of sp³-hybridized carbons (Fsp3) is 0.500. The Morgan fingerprint density at radius 1 is 1.40 bits per heavy atom. The smallest absolute Gasteiger partial charge is 0.120 e. The van der Waals surface area contributed by atoms with Gasteiger partial charge in [0.05, 0.1) is 12.1 Å². The van der Waals surface area contributed by atoms with Crippen molar-refractivity contribution >= 4 is 0 Å². The van der Waals surface area contributed by atoms with Gasteiger partial charge in [0.15, 0.2) is 0 Å². The van der Waals surface area contributed by atoms with Crippen molar-refractivity contribution in [3.8, 4) is 5.75 Å². The van der Waals surface area contributed by atoms with E-state index >= 15 is 0 Å². The lowest BCUT2D eigenvalue weighted by Gasteiger charge is -2.19. The molecule has 0 saturated heterocycles. The number of aromatic hydroxyl groups is 1. The zero-order valence-corrected chi connectivity index (χ0v) is 9.27. The number of hydrogen-bond acceptors (Lipinski definition) is 3. The van der Waals surface area contributed by atoms with Crippen LogP contribution in [0.5, 0.6) is 5.75 Å². The number of aliphatic hydroxyl groups is 1. The second kappa shape index (κ2) is 5.14. The van der Waals surface area contributed by atoms with Gasteiger partial charge in [0.2, 0.25) is 0 Å². The Morgan fingerprint density at radius 3 is 2.60 bits per heavy atom. The summed E-state index contributed by atoms with van der Waals surface area (Å²) in [4.78, 5) is 0. The van der Waals surface area contributed by atoms with Crippen LogP contribution >= 0.6 is 0 Å². The fourth-order valence-corrected chi connectivity index (χ4v) is 1.62. The molecule has 0 heterocycles. The molecule has 2 atom stereocenters. The predicted octanol–water partition coefficient (Wildman–Crippen LogP) is 1.86. The van der Waals surface area contributed by atoms with Gasteiger partial charge in [-0.3, -0.25) is 0 Å². The molecule has 0 aliphatic heterocycles. The second-order valence-corrected chi connectivity index (χ2v) is 3.94. The van der Waals surface area contributed by atoms with Crippen LogP contribution in [-0.4, -0.2) is 16.3 Å². The SMILES string of the molecule is CCC[C@@H](O)[C@@H](N)c1ccc(C)cc1O. The van der Waals surface area contributed by atoms with Gasteiger partial charge in [-0.05, 0) is 25.0 Å². The van der Waals surface area contributed by atoms with Gasteiger partial charge in [-0.2, -0.15) is 0 Å². The average molecular weight is 209 g/mol. The molecule has 0 radical (unpaired) electrons. The topological polar surface area (TPSA) is 66.5 Å². The molecule has 1 rings (SSSR count). The van der Waals surface area contributed by atoms with E-state index in [-0.39, 0.29) is 5.75 Å². The van der Waals surface area contributed by atoms with Crippen LogP contribution in [-0.2, 0) is 0 Å². The van der Waals surface area contributed by atoms with Crippen LogP contribution in [0.4, 0.5) is 0 Å². The molecule has 0 fully saturated rings. The van der Waals surface area contributed by atoms with E-state index in [0.717, 1.165) is 12.0 Å². The molecule has 0 aliphatic rings. The molecule has 1 aromatic rings. The maximum atomic E-state index is 9.73. The van der Waals surface area contributed by atoms with Crippen molar-refractivity contribution in [2.45, 2.75) is 38.8 Å². The molecule has 1 aromatic carbocycles. The van der Waals surface area contributed by atoms with Crippen molar-refractivity contribution in [3.05, 3.63) is 29.3 Å². The zero-order valence-electron chi connectivity index (χ0n) is 9.27. The predicted molar refractivity (Wildman–Crippen MR) is 60.7 cm³/mol. The Hall–Kier alpha value is -1.06. The molecule has 0 unspecified atom stereocenters. The van der Waals surface area contributed by atoms with Crippen LogP contribution in [0.3, 0.4) is 0 Å². The lowest BCUT2D eigenvalue weighted by Crippen LogP contribution is -2.26. The van der Waals surface area contributed by atoms with E-state index in [0.29, 0.717) is 12.0 Å². The summed E-state index contributed by atoms with van der Waals surface area (Å²) in [5.41, 5.74) is 7.46. The second-order valence-electron chi connectivity index (χ2n) is 3.94. The van der Waals surface area contributed by atoms with Crippen molar-refractivity contribution in [1.82, 2.24) is 0 Å². The number of rotatable bonds is 4. The van der Waals surface area contributed by atoms with Gasteiger partial charge in [0.25, 0.3) is 0 Å². The van der Waals surface area contributed by atoms with Gasteiger partial charge in [0, 0.05) is 5.56 Å². The molecule has 0 spiro atoms. The minimum atomic E-state index is -0.594. The number of phenolic OH excluding ortho intramolecular Hbond substituents is 1. The van der Waals surface area contributed by atoms with Crippen LogP contribution in [0.25, 0.3) is 0 Å². The molecule has 84 valence electrons. The van der Waals surface area contributed by atoms with Crippen LogP contribution < -0.4 is 5.73 Å².